The second-order valence-electron chi connectivity index (χ2n) is 16.4. The summed E-state index contributed by atoms with van der Waals surface area (Å²) in [5.74, 6) is -2.53. The molecular formula is C45H72N6O9S3. The first kappa shape index (κ1) is 55.3. The van der Waals surface area contributed by atoms with Crippen LogP contribution in [0.1, 0.15) is 134 Å². The predicted octanol–water partition coefficient (Wildman–Crippen LogP) is 8.02. The van der Waals surface area contributed by atoms with E-state index in [1.165, 1.54) is 28.2 Å². The van der Waals surface area contributed by atoms with Crippen LogP contribution in [0, 0.1) is 23.7 Å². The van der Waals surface area contributed by atoms with Crippen LogP contribution in [0.2, 0.25) is 0 Å². The molecule has 0 bridgehead atoms. The van der Waals surface area contributed by atoms with E-state index < -0.39 is 41.8 Å². The molecule has 1 saturated heterocycles. The number of aliphatic hydroxyl groups is 1. The van der Waals surface area contributed by atoms with Gasteiger partial charge in [-0.2, -0.15) is 0 Å². The van der Waals surface area contributed by atoms with Crippen LogP contribution in [-0.4, -0.2) is 101 Å². The monoisotopic (exact) mass is 936 g/mol. The van der Waals surface area contributed by atoms with Gasteiger partial charge in [0.05, 0.1) is 17.3 Å². The Morgan fingerprint density at radius 1 is 1.06 bits per heavy atom. The molecule has 0 saturated carbocycles. The summed E-state index contributed by atoms with van der Waals surface area (Å²) in [6.45, 7) is 18.1. The number of carbonyl (C=O) groups is 6. The highest BCUT2D eigenvalue weighted by atomic mass is 33.1. The molecule has 1 fully saturated rings. The summed E-state index contributed by atoms with van der Waals surface area (Å²) >= 11 is 1.32. The molecule has 1 aliphatic rings. The lowest BCUT2D eigenvalue weighted by molar-refractivity contribution is -0.160. The van der Waals surface area contributed by atoms with Gasteiger partial charge in [0.15, 0.2) is 12.5 Å². The van der Waals surface area contributed by atoms with E-state index in [1.807, 2.05) is 47.8 Å². The second kappa shape index (κ2) is 30.3. The van der Waals surface area contributed by atoms with Gasteiger partial charge in [-0.3, -0.25) is 29.4 Å². The van der Waals surface area contributed by atoms with Crippen molar-refractivity contribution in [3.63, 3.8) is 0 Å². The SMILES string of the molecule is C=C/C(=C\C=C\O)C[C@@H](C[C@H](C)C(=O)NNC(=O)OCCSSC)NC(=O)c1csc([C@H](C)C[C@H](C(C)C)N(COC(=O)CCC)C(=O)[C@@H](CC(=O)[C@H]2CCCCN2)C(C)CC)n1. The molecule has 1 aliphatic heterocycles. The van der Waals surface area contributed by atoms with Gasteiger partial charge in [0.2, 0.25) is 11.8 Å². The Bertz CT molecular complexity index is 1680. The molecular weight excluding hydrogens is 865 g/mol. The summed E-state index contributed by atoms with van der Waals surface area (Å²) in [4.78, 5) is 86.2. The Labute approximate surface area is 386 Å². The smallest absolute Gasteiger partial charge is 0.426 e. The van der Waals surface area contributed by atoms with Gasteiger partial charge >= 0.3 is 12.1 Å². The summed E-state index contributed by atoms with van der Waals surface area (Å²) in [5.41, 5.74) is 5.52. The number of rotatable bonds is 28. The van der Waals surface area contributed by atoms with Crippen LogP contribution in [0.5, 0.6) is 0 Å². The number of esters is 1. The molecule has 5 N–H and O–H groups in total. The number of allylic oxidation sites excluding steroid dienone is 3. The first-order valence-electron chi connectivity index (χ1n) is 22.1. The minimum absolute atomic E-state index is 0.0314. The Hall–Kier alpha value is -3.87. The molecule has 2 heterocycles. The van der Waals surface area contributed by atoms with Crippen molar-refractivity contribution in [2.24, 2.45) is 23.7 Å². The number of aliphatic hydroxyl groups excluding tert-OH is 1. The molecule has 0 aromatic carbocycles. The summed E-state index contributed by atoms with van der Waals surface area (Å²) in [7, 11) is 3.09. The minimum Gasteiger partial charge on any atom is -0.516 e. The minimum atomic E-state index is -0.785. The zero-order chi connectivity index (χ0) is 46.9. The standard InChI is InChI=1S/C45H72N6O9S3/c1-10-16-40(54)60-28-51(44(57)35(30(6)11-2)26-39(53)36-18-13-14-19-46-36)38(29(4)5)24-32(8)43-48-37(27-62-43)42(56)47-34(25-33(12-3)17-15-20-52)23-31(7)41(55)49-50-45(58)59-21-22-63-61-9/h12,15,17,20,27,29-32,34-36,38,46,52H,3,10-11,13-14,16,18-19,21-26,28H2,1-2,4-9H3,(H,47,56)(H,49,55)(H,50,58)/b20-15+,33-17+/t30?,31-,32+,34+,35-,36+,38+/m0/s1. The molecule has 2 rings (SSSR count). The maximum absolute atomic E-state index is 14.7. The second-order valence-corrected chi connectivity index (χ2v) is 20.0. The van der Waals surface area contributed by atoms with Gasteiger partial charge in [0, 0.05) is 53.8 Å². The van der Waals surface area contributed by atoms with Crippen molar-refractivity contribution in [2.75, 3.05) is 31.9 Å². The third kappa shape index (κ3) is 19.8. The summed E-state index contributed by atoms with van der Waals surface area (Å²) < 4.78 is 10.8. The van der Waals surface area contributed by atoms with E-state index in [1.54, 1.807) is 40.1 Å². The number of Topliss-reactive ketones (excluding diaryl/α,β-unsaturated/α-hetero) is 1. The molecule has 63 heavy (non-hydrogen) atoms. The molecule has 15 nitrogen and oxygen atoms in total. The van der Waals surface area contributed by atoms with E-state index in [4.69, 9.17) is 14.5 Å². The fraction of sp³-hybridized carbons (Fsp3) is 0.667. The third-order valence-electron chi connectivity index (χ3n) is 11.2. The van der Waals surface area contributed by atoms with Crippen molar-refractivity contribution in [3.05, 3.63) is 52.7 Å². The molecule has 1 aromatic heterocycles. The maximum Gasteiger partial charge on any atom is 0.426 e. The number of aromatic nitrogens is 1. The van der Waals surface area contributed by atoms with Gasteiger partial charge in [0.25, 0.3) is 5.91 Å². The topological polar surface area (TPSA) is 205 Å². The lowest BCUT2D eigenvalue weighted by atomic mass is 9.83. The van der Waals surface area contributed by atoms with Gasteiger partial charge < -0.3 is 30.1 Å². The van der Waals surface area contributed by atoms with Gasteiger partial charge in [-0.1, -0.05) is 102 Å². The van der Waals surface area contributed by atoms with Crippen LogP contribution in [0.4, 0.5) is 4.79 Å². The van der Waals surface area contributed by atoms with Gasteiger partial charge in [-0.15, -0.1) is 11.3 Å². The molecule has 0 aliphatic carbocycles. The van der Waals surface area contributed by atoms with Crippen LogP contribution in [-0.2, 0) is 28.7 Å². The van der Waals surface area contributed by atoms with Crippen LogP contribution >= 0.6 is 32.9 Å². The Morgan fingerprint density at radius 2 is 1.81 bits per heavy atom. The fourth-order valence-corrected chi connectivity index (χ4v) is 9.17. The predicted molar refractivity (Wildman–Crippen MR) is 253 cm³/mol. The van der Waals surface area contributed by atoms with Crippen molar-refractivity contribution in [3.8, 4) is 0 Å². The fourth-order valence-electron chi connectivity index (χ4n) is 7.28. The number of amides is 4. The first-order chi connectivity index (χ1) is 30.1. The van der Waals surface area contributed by atoms with E-state index in [-0.39, 0.29) is 86.2 Å². The van der Waals surface area contributed by atoms with Crippen molar-refractivity contribution in [1.29, 1.82) is 0 Å². The summed E-state index contributed by atoms with van der Waals surface area (Å²) in [6.07, 6.45) is 12.0. The number of thiazole rings is 1. The molecule has 0 spiro atoms. The maximum atomic E-state index is 14.7. The molecule has 0 radical (unpaired) electrons. The summed E-state index contributed by atoms with van der Waals surface area (Å²) in [5, 5.41) is 17.9. The van der Waals surface area contributed by atoms with E-state index in [2.05, 4.69) is 28.1 Å². The first-order valence-corrected chi connectivity index (χ1v) is 25.7. The van der Waals surface area contributed by atoms with E-state index >= 15 is 0 Å². The largest absolute Gasteiger partial charge is 0.516 e. The van der Waals surface area contributed by atoms with Gasteiger partial charge in [-0.25, -0.2) is 15.2 Å². The number of piperidine rings is 1. The number of nitrogens with zero attached hydrogens (tertiary/aromatic N) is 2. The zero-order valence-corrected chi connectivity index (χ0v) is 40.9. The number of hydrogen-bond donors (Lipinski definition) is 5. The lowest BCUT2D eigenvalue weighted by Crippen LogP contribution is -2.50. The van der Waals surface area contributed by atoms with Crippen LogP contribution in [0.25, 0.3) is 0 Å². The lowest BCUT2D eigenvalue weighted by Gasteiger charge is -2.38. The normalized spacial score (nSPS) is 17.2. The Balaban J connectivity index is 2.32. The molecule has 18 heteroatoms. The average molecular weight is 937 g/mol. The summed E-state index contributed by atoms with van der Waals surface area (Å²) in [6, 6.07) is -1.24. The van der Waals surface area contributed by atoms with E-state index in [0.717, 1.165) is 32.1 Å². The van der Waals surface area contributed by atoms with Gasteiger partial charge in [0.1, 0.15) is 12.3 Å². The van der Waals surface area contributed by atoms with Crippen molar-refractivity contribution >= 4 is 68.5 Å². The number of ether oxygens (including phenoxy) is 2. The number of nitrogens with one attached hydrogen (secondary N) is 4. The number of hydrazine groups is 1. The zero-order valence-electron chi connectivity index (χ0n) is 38.4. The van der Waals surface area contributed by atoms with E-state index in [0.29, 0.717) is 35.6 Å². The number of carbonyl (C=O) groups excluding carboxylic acids is 6. The van der Waals surface area contributed by atoms with Crippen molar-refractivity contribution < 1.29 is 43.3 Å². The Kier molecular flexibility index (Phi) is 26.6. The van der Waals surface area contributed by atoms with Crippen LogP contribution in [0.15, 0.2) is 42.0 Å². The van der Waals surface area contributed by atoms with Crippen molar-refractivity contribution in [1.82, 2.24) is 31.4 Å². The van der Waals surface area contributed by atoms with Crippen LogP contribution < -0.4 is 21.5 Å². The highest BCUT2D eigenvalue weighted by Gasteiger charge is 2.38. The molecule has 4 amide bonds. The quantitative estimate of drug-likeness (QED) is 0.0103. The Morgan fingerprint density at radius 3 is 2.43 bits per heavy atom. The van der Waals surface area contributed by atoms with Crippen LogP contribution in [0.3, 0.4) is 0 Å². The molecule has 1 unspecified atom stereocenters. The molecule has 1 aromatic rings. The van der Waals surface area contributed by atoms with Gasteiger partial charge in [-0.05, 0) is 74.8 Å². The number of hydrogen-bond acceptors (Lipinski definition) is 14. The molecule has 7 atom stereocenters. The molecule has 354 valence electrons. The van der Waals surface area contributed by atoms with E-state index in [9.17, 15) is 33.9 Å². The van der Waals surface area contributed by atoms with Crippen molar-refractivity contribution in [2.45, 2.75) is 137 Å². The average Bonchev–Trinajstić information content (AvgIpc) is 3.78. The highest BCUT2D eigenvalue weighted by molar-refractivity contribution is 8.76. The number of ketones is 1. The third-order valence-corrected chi connectivity index (χ3v) is 14.0. The highest BCUT2D eigenvalue weighted by Crippen LogP contribution is 2.32.